The summed E-state index contributed by atoms with van der Waals surface area (Å²) in [6.07, 6.45) is 5.35. The van der Waals surface area contributed by atoms with Gasteiger partial charge in [0.05, 0.1) is 0 Å². The van der Waals surface area contributed by atoms with Crippen LogP contribution in [-0.4, -0.2) is 11.9 Å². The third-order valence-corrected chi connectivity index (χ3v) is 4.78. The van der Waals surface area contributed by atoms with Gasteiger partial charge in [0.15, 0.2) is 0 Å². The van der Waals surface area contributed by atoms with Crippen LogP contribution in [0.25, 0.3) is 0 Å². The number of benzene rings is 2. The molecule has 0 aliphatic carbocycles. The molecule has 0 atom stereocenters. The van der Waals surface area contributed by atoms with E-state index in [4.69, 9.17) is 9.47 Å². The first-order valence-electron chi connectivity index (χ1n) is 7.71. The van der Waals surface area contributed by atoms with Crippen molar-refractivity contribution in [2.45, 2.75) is 13.2 Å². The molecule has 134 valence electrons. The van der Waals surface area contributed by atoms with Crippen molar-refractivity contribution in [2.24, 2.45) is 0 Å². The van der Waals surface area contributed by atoms with Crippen LogP contribution in [0.3, 0.4) is 0 Å². The summed E-state index contributed by atoms with van der Waals surface area (Å²) in [6.45, 7) is 0.338. The second kappa shape index (κ2) is 10.7. The second-order valence-corrected chi connectivity index (χ2v) is 6.83. The summed E-state index contributed by atoms with van der Waals surface area (Å²) in [5, 5.41) is 0. The van der Waals surface area contributed by atoms with Gasteiger partial charge in [-0.05, 0) is 12.1 Å². The molecule has 0 aromatic heterocycles. The zero-order chi connectivity index (χ0) is 18.8. The van der Waals surface area contributed by atoms with E-state index < -0.39 is 11.9 Å². The summed E-state index contributed by atoms with van der Waals surface area (Å²) in [6, 6.07) is 15.0. The minimum absolute atomic E-state index is 0.169. The van der Waals surface area contributed by atoms with Gasteiger partial charge >= 0.3 is 11.9 Å². The zero-order valence-corrected chi connectivity index (χ0v) is 16.9. The fourth-order valence-corrected chi connectivity index (χ4v) is 2.69. The first-order valence-corrected chi connectivity index (χ1v) is 9.30. The Labute approximate surface area is 168 Å². The molecule has 2 rings (SSSR count). The Bertz CT molecular complexity index is 759. The smallest absolute Gasteiger partial charge is 0.331 e. The van der Waals surface area contributed by atoms with Crippen LogP contribution in [0.5, 0.6) is 0 Å². The highest BCUT2D eigenvalue weighted by Crippen LogP contribution is 2.17. The molecule has 0 aliphatic rings. The van der Waals surface area contributed by atoms with Crippen LogP contribution < -0.4 is 0 Å². The molecule has 0 saturated carbocycles. The van der Waals surface area contributed by atoms with E-state index >= 15 is 0 Å². The Morgan fingerprint density at radius 3 is 1.50 bits per heavy atom. The van der Waals surface area contributed by atoms with E-state index in [0.717, 1.165) is 20.1 Å². The molecule has 0 fully saturated rings. The highest BCUT2D eigenvalue weighted by Gasteiger charge is 2.03. The summed E-state index contributed by atoms with van der Waals surface area (Å²) in [7, 11) is 0. The molecule has 0 unspecified atom stereocenters. The monoisotopic (exact) mass is 478 g/mol. The van der Waals surface area contributed by atoms with Crippen LogP contribution in [0.4, 0.5) is 0 Å². The van der Waals surface area contributed by atoms with E-state index in [1.165, 1.54) is 24.3 Å². The number of hydrogen-bond acceptors (Lipinski definition) is 4. The predicted octanol–water partition coefficient (Wildman–Crippen LogP) is 5.11. The van der Waals surface area contributed by atoms with Gasteiger partial charge in [-0.2, -0.15) is 0 Å². The molecule has 0 heterocycles. The lowest BCUT2D eigenvalue weighted by atomic mass is 10.2. The van der Waals surface area contributed by atoms with Crippen molar-refractivity contribution in [3.63, 3.8) is 0 Å². The van der Waals surface area contributed by atoms with Gasteiger partial charge in [-0.25, -0.2) is 9.59 Å². The lowest BCUT2D eigenvalue weighted by Gasteiger charge is -2.04. The number of ether oxygens (including phenoxy) is 2. The summed E-state index contributed by atoms with van der Waals surface area (Å²) in [5.74, 6) is -0.987. The van der Waals surface area contributed by atoms with Crippen molar-refractivity contribution in [2.75, 3.05) is 0 Å². The van der Waals surface area contributed by atoms with Crippen LogP contribution in [0, 0.1) is 0 Å². The van der Waals surface area contributed by atoms with Crippen LogP contribution in [0.1, 0.15) is 11.1 Å². The number of hydrogen-bond donors (Lipinski definition) is 0. The fraction of sp³-hybridized carbons (Fsp3) is 0.100. The molecule has 0 bridgehead atoms. The number of rotatable bonds is 7. The van der Waals surface area contributed by atoms with Crippen LogP contribution in [-0.2, 0) is 32.3 Å². The van der Waals surface area contributed by atoms with Crippen molar-refractivity contribution in [3.05, 3.63) is 92.9 Å². The van der Waals surface area contributed by atoms with Crippen LogP contribution in [0.15, 0.2) is 81.8 Å². The average molecular weight is 480 g/mol. The van der Waals surface area contributed by atoms with E-state index in [2.05, 4.69) is 31.9 Å². The number of halogens is 2. The molecular weight excluding hydrogens is 464 g/mol. The summed E-state index contributed by atoms with van der Waals surface area (Å²) in [4.78, 5) is 23.3. The van der Waals surface area contributed by atoms with E-state index in [0.29, 0.717) is 0 Å². The SMILES string of the molecule is O=C(/C=C/C=C/C(=O)OCc1ccccc1Br)OCc1ccccc1Br. The first kappa shape index (κ1) is 20.1. The van der Waals surface area contributed by atoms with Crippen molar-refractivity contribution in [1.29, 1.82) is 0 Å². The van der Waals surface area contributed by atoms with Gasteiger partial charge in [0.2, 0.25) is 0 Å². The van der Waals surface area contributed by atoms with E-state index in [1.807, 2.05) is 48.5 Å². The number of carbonyl (C=O) groups is 2. The first-order chi connectivity index (χ1) is 12.6. The molecule has 2 aromatic rings. The molecule has 2 aromatic carbocycles. The number of esters is 2. The van der Waals surface area contributed by atoms with E-state index in [-0.39, 0.29) is 13.2 Å². The molecule has 26 heavy (non-hydrogen) atoms. The Kier molecular flexibility index (Phi) is 8.31. The summed E-state index contributed by atoms with van der Waals surface area (Å²) in [5.41, 5.74) is 1.75. The third kappa shape index (κ3) is 6.98. The van der Waals surface area contributed by atoms with Gasteiger partial charge in [0, 0.05) is 32.2 Å². The van der Waals surface area contributed by atoms with Crippen molar-refractivity contribution < 1.29 is 19.1 Å². The van der Waals surface area contributed by atoms with Gasteiger partial charge in [-0.3, -0.25) is 0 Å². The molecule has 6 heteroatoms. The third-order valence-electron chi connectivity index (χ3n) is 3.23. The summed E-state index contributed by atoms with van der Waals surface area (Å²) >= 11 is 6.77. The largest absolute Gasteiger partial charge is 0.458 e. The Morgan fingerprint density at radius 2 is 1.12 bits per heavy atom. The van der Waals surface area contributed by atoms with Crippen molar-refractivity contribution >= 4 is 43.8 Å². The molecule has 0 amide bonds. The molecule has 0 radical (unpaired) electrons. The lowest BCUT2D eigenvalue weighted by Crippen LogP contribution is -2.02. The van der Waals surface area contributed by atoms with Crippen molar-refractivity contribution in [1.82, 2.24) is 0 Å². The molecule has 0 N–H and O–H groups in total. The van der Waals surface area contributed by atoms with E-state index in [9.17, 15) is 9.59 Å². The number of carbonyl (C=O) groups excluding carboxylic acids is 2. The highest BCUT2D eigenvalue weighted by atomic mass is 79.9. The maximum Gasteiger partial charge on any atom is 0.331 e. The molecule has 0 saturated heterocycles. The maximum atomic E-state index is 11.6. The maximum absolute atomic E-state index is 11.6. The minimum Gasteiger partial charge on any atom is -0.458 e. The summed E-state index contributed by atoms with van der Waals surface area (Å²) < 4.78 is 12.0. The minimum atomic E-state index is -0.494. The molecule has 0 aliphatic heterocycles. The van der Waals surface area contributed by atoms with Gasteiger partial charge < -0.3 is 9.47 Å². The molecule has 0 spiro atoms. The topological polar surface area (TPSA) is 52.6 Å². The van der Waals surface area contributed by atoms with E-state index in [1.54, 1.807) is 0 Å². The Morgan fingerprint density at radius 1 is 0.731 bits per heavy atom. The fourth-order valence-electron chi connectivity index (χ4n) is 1.89. The quantitative estimate of drug-likeness (QED) is 0.314. The Hall–Kier alpha value is -2.18. The number of allylic oxidation sites excluding steroid dienone is 2. The highest BCUT2D eigenvalue weighted by molar-refractivity contribution is 9.10. The standard InChI is InChI=1S/C20H16Br2O4/c21-17-9-3-1-7-15(17)13-25-19(23)11-5-6-12-20(24)26-14-16-8-2-4-10-18(16)22/h1-12H,13-14H2/b11-5+,12-6+. The Balaban J connectivity index is 1.72. The lowest BCUT2D eigenvalue weighted by molar-refractivity contribution is -0.140. The van der Waals surface area contributed by atoms with Crippen LogP contribution in [0.2, 0.25) is 0 Å². The van der Waals surface area contributed by atoms with Gasteiger partial charge in [-0.1, -0.05) is 80.4 Å². The normalized spacial score (nSPS) is 11.0. The van der Waals surface area contributed by atoms with Gasteiger partial charge in [0.1, 0.15) is 13.2 Å². The van der Waals surface area contributed by atoms with Gasteiger partial charge in [0.25, 0.3) is 0 Å². The predicted molar refractivity (Wildman–Crippen MR) is 106 cm³/mol. The average Bonchev–Trinajstić information content (AvgIpc) is 2.64. The second-order valence-electron chi connectivity index (χ2n) is 5.12. The molecule has 4 nitrogen and oxygen atoms in total. The van der Waals surface area contributed by atoms with Crippen molar-refractivity contribution in [3.8, 4) is 0 Å². The van der Waals surface area contributed by atoms with Crippen LogP contribution >= 0.6 is 31.9 Å². The van der Waals surface area contributed by atoms with Gasteiger partial charge in [-0.15, -0.1) is 0 Å². The molecular formula is C20H16Br2O4. The zero-order valence-electron chi connectivity index (χ0n) is 13.7.